The second-order valence-electron chi connectivity index (χ2n) is 9.70. The molecule has 1 fully saturated rings. The van der Waals surface area contributed by atoms with E-state index < -0.39 is 64.6 Å². The third-order valence-electron chi connectivity index (χ3n) is 6.01. The maximum absolute atomic E-state index is 14.6. The van der Waals surface area contributed by atoms with E-state index in [2.05, 4.69) is 15.6 Å². The molecule has 1 unspecified atom stereocenters. The van der Waals surface area contributed by atoms with Gasteiger partial charge in [0.15, 0.2) is 10.8 Å². The molecule has 0 bridgehead atoms. The van der Waals surface area contributed by atoms with Crippen molar-refractivity contribution >= 4 is 21.7 Å². The molecular formula is C25H30F4N4O4S. The van der Waals surface area contributed by atoms with E-state index in [4.69, 9.17) is 0 Å². The quantitative estimate of drug-likeness (QED) is 0.458. The van der Waals surface area contributed by atoms with E-state index >= 15 is 0 Å². The van der Waals surface area contributed by atoms with Crippen LogP contribution in [0.25, 0.3) is 0 Å². The van der Waals surface area contributed by atoms with Gasteiger partial charge in [-0.15, -0.1) is 0 Å². The molecule has 38 heavy (non-hydrogen) atoms. The fourth-order valence-electron chi connectivity index (χ4n) is 4.20. The first kappa shape index (κ1) is 29.7. The lowest BCUT2D eigenvalue weighted by Gasteiger charge is -2.30. The number of carbonyl (C=O) groups excluding carboxylic acids is 2. The van der Waals surface area contributed by atoms with E-state index in [1.165, 1.54) is 42.6 Å². The van der Waals surface area contributed by atoms with Crippen LogP contribution in [0.4, 0.5) is 17.6 Å². The zero-order valence-electron chi connectivity index (χ0n) is 20.9. The highest BCUT2D eigenvalue weighted by molar-refractivity contribution is 7.89. The Labute approximate surface area is 218 Å². The highest BCUT2D eigenvalue weighted by Crippen LogP contribution is 2.34. The number of nitrogens with one attached hydrogen (secondary N) is 2. The maximum atomic E-state index is 14.6. The predicted molar refractivity (Wildman–Crippen MR) is 131 cm³/mol. The van der Waals surface area contributed by atoms with Crippen molar-refractivity contribution in [2.75, 3.05) is 13.1 Å². The van der Waals surface area contributed by atoms with Gasteiger partial charge in [0.1, 0.15) is 11.7 Å². The van der Waals surface area contributed by atoms with Crippen LogP contribution in [-0.2, 0) is 19.6 Å². The van der Waals surface area contributed by atoms with Gasteiger partial charge in [0.2, 0.25) is 5.91 Å². The van der Waals surface area contributed by atoms with Gasteiger partial charge in [0, 0.05) is 19.2 Å². The molecule has 2 aromatic rings. The highest BCUT2D eigenvalue weighted by atomic mass is 32.2. The van der Waals surface area contributed by atoms with Crippen LogP contribution in [0, 0.1) is 0 Å². The zero-order chi connectivity index (χ0) is 28.1. The lowest BCUT2D eigenvalue weighted by atomic mass is 9.97. The lowest BCUT2D eigenvalue weighted by Crippen LogP contribution is -2.54. The summed E-state index contributed by atoms with van der Waals surface area (Å²) in [5, 5.41) is 4.44. The summed E-state index contributed by atoms with van der Waals surface area (Å²) in [5.74, 6) is -1.62. The van der Waals surface area contributed by atoms with Crippen molar-refractivity contribution < 1.29 is 35.6 Å². The number of amides is 1. The van der Waals surface area contributed by atoms with Crippen LogP contribution in [0.1, 0.15) is 44.7 Å². The molecule has 0 spiro atoms. The van der Waals surface area contributed by atoms with Gasteiger partial charge in [0.05, 0.1) is 18.6 Å². The highest BCUT2D eigenvalue weighted by Gasteiger charge is 2.44. The van der Waals surface area contributed by atoms with E-state index in [9.17, 15) is 35.6 Å². The summed E-state index contributed by atoms with van der Waals surface area (Å²) >= 11 is 0. The van der Waals surface area contributed by atoms with Gasteiger partial charge in [-0.05, 0) is 44.4 Å². The fraction of sp³-hybridized carbons (Fsp3) is 0.480. The topological polar surface area (TPSA) is 108 Å². The first-order valence-corrected chi connectivity index (χ1v) is 13.4. The van der Waals surface area contributed by atoms with Crippen LogP contribution in [0.5, 0.6) is 0 Å². The van der Waals surface area contributed by atoms with Gasteiger partial charge < -0.3 is 5.32 Å². The van der Waals surface area contributed by atoms with E-state index in [1.807, 2.05) is 0 Å². The molecule has 2 N–H and O–H groups in total. The molecule has 1 amide bonds. The smallest absolute Gasteiger partial charge is 0.345 e. The number of Topliss-reactive ketones (excluding diaryl/α,β-unsaturated/α-hetero) is 1. The van der Waals surface area contributed by atoms with Gasteiger partial charge >= 0.3 is 6.18 Å². The van der Waals surface area contributed by atoms with Gasteiger partial charge in [-0.1, -0.05) is 36.4 Å². The van der Waals surface area contributed by atoms with E-state index in [-0.39, 0.29) is 30.0 Å². The molecule has 0 saturated carbocycles. The Bertz CT molecular complexity index is 1210. The standard InChI is InChI=1S/C25H30F4N4O4S/c1-24(2,26)15-19(31-22(25(27,28)29)17-9-4-3-5-10-17)23(35)32-18-11-8-14-33(16-20(18)34)38(36,37)21-12-6-7-13-30-21/h3-7,9-10,12-13,18-19,22,31H,8,11,14-16H2,1-2H3,(H,32,35)/t18?,19-,22-/m0/s1. The molecule has 13 heteroatoms. The number of benzene rings is 1. The Kier molecular flexibility index (Phi) is 9.26. The summed E-state index contributed by atoms with van der Waals surface area (Å²) in [7, 11) is -4.07. The summed E-state index contributed by atoms with van der Waals surface area (Å²) in [6.45, 7) is 1.71. The number of hydrogen-bond acceptors (Lipinski definition) is 6. The number of sulfonamides is 1. The normalized spacial score (nSPS) is 19.4. The van der Waals surface area contributed by atoms with Crippen molar-refractivity contribution in [3.8, 4) is 0 Å². The molecule has 1 saturated heterocycles. The molecule has 1 aromatic carbocycles. The molecule has 1 aromatic heterocycles. The fourth-order valence-corrected chi connectivity index (χ4v) is 5.57. The second kappa shape index (κ2) is 11.9. The Hall–Kier alpha value is -2.90. The number of alkyl halides is 4. The summed E-state index contributed by atoms with van der Waals surface area (Å²) in [6, 6.07) is 6.14. The van der Waals surface area contributed by atoms with Crippen molar-refractivity contribution in [3.63, 3.8) is 0 Å². The monoisotopic (exact) mass is 558 g/mol. The van der Waals surface area contributed by atoms with Gasteiger partial charge in [-0.3, -0.25) is 14.9 Å². The Morgan fingerprint density at radius 1 is 1.11 bits per heavy atom. The first-order chi connectivity index (χ1) is 17.7. The zero-order valence-corrected chi connectivity index (χ0v) is 21.7. The number of hydrogen-bond donors (Lipinski definition) is 2. The van der Waals surface area contributed by atoms with Crippen LogP contribution < -0.4 is 10.6 Å². The van der Waals surface area contributed by atoms with Crippen LogP contribution in [0.3, 0.4) is 0 Å². The third-order valence-corrected chi connectivity index (χ3v) is 7.78. The number of ketones is 1. The molecule has 3 rings (SSSR count). The van der Waals surface area contributed by atoms with Crippen molar-refractivity contribution in [1.82, 2.24) is 19.9 Å². The number of aromatic nitrogens is 1. The lowest BCUT2D eigenvalue weighted by molar-refractivity contribution is -0.161. The molecule has 0 aliphatic carbocycles. The van der Waals surface area contributed by atoms with Crippen molar-refractivity contribution in [2.45, 2.75) is 68.1 Å². The van der Waals surface area contributed by atoms with Crippen LogP contribution >= 0.6 is 0 Å². The van der Waals surface area contributed by atoms with E-state index in [1.54, 1.807) is 12.1 Å². The molecule has 1 aliphatic heterocycles. The molecule has 2 heterocycles. The molecule has 0 radical (unpaired) electrons. The van der Waals surface area contributed by atoms with Crippen LogP contribution in [0.15, 0.2) is 59.8 Å². The Balaban J connectivity index is 1.78. The van der Waals surface area contributed by atoms with Crippen molar-refractivity contribution in [2.24, 2.45) is 0 Å². The van der Waals surface area contributed by atoms with E-state index in [0.29, 0.717) is 0 Å². The number of carbonyl (C=O) groups is 2. The number of pyridine rings is 1. The maximum Gasteiger partial charge on any atom is 0.407 e. The minimum Gasteiger partial charge on any atom is -0.345 e. The van der Waals surface area contributed by atoms with Crippen molar-refractivity contribution in [3.05, 3.63) is 60.3 Å². The van der Waals surface area contributed by atoms with Gasteiger partial charge in [-0.2, -0.15) is 17.5 Å². The summed E-state index contributed by atoms with van der Waals surface area (Å²) < 4.78 is 83.1. The number of rotatable bonds is 9. The molecule has 3 atom stereocenters. The SMILES string of the molecule is CC(C)(F)C[C@H](N[C@@H](c1ccccc1)C(F)(F)F)C(=O)NC1CCCN(S(=O)(=O)c2ccccn2)CC1=O. The minimum atomic E-state index is -4.79. The van der Waals surface area contributed by atoms with Crippen LogP contribution in [-0.4, -0.2) is 66.4 Å². The average Bonchev–Trinajstić information content (AvgIpc) is 3.03. The molecular weight excluding hydrogens is 528 g/mol. The second-order valence-corrected chi connectivity index (χ2v) is 11.6. The first-order valence-electron chi connectivity index (χ1n) is 12.0. The summed E-state index contributed by atoms with van der Waals surface area (Å²) in [5.41, 5.74) is -2.17. The number of nitrogens with zero attached hydrogens (tertiary/aromatic N) is 2. The third kappa shape index (κ3) is 7.81. The summed E-state index contributed by atoms with van der Waals surface area (Å²) in [4.78, 5) is 29.9. The average molecular weight is 559 g/mol. The predicted octanol–water partition coefficient (Wildman–Crippen LogP) is 3.32. The molecule has 1 aliphatic rings. The van der Waals surface area contributed by atoms with Crippen LogP contribution in [0.2, 0.25) is 0 Å². The minimum absolute atomic E-state index is 0.0135. The Morgan fingerprint density at radius 3 is 2.34 bits per heavy atom. The molecule has 8 nitrogen and oxygen atoms in total. The van der Waals surface area contributed by atoms with Gasteiger partial charge in [0.25, 0.3) is 10.0 Å². The molecule has 208 valence electrons. The van der Waals surface area contributed by atoms with Gasteiger partial charge in [-0.25, -0.2) is 17.8 Å². The largest absolute Gasteiger partial charge is 0.407 e. The van der Waals surface area contributed by atoms with Crippen molar-refractivity contribution in [1.29, 1.82) is 0 Å². The van der Waals surface area contributed by atoms with E-state index in [0.717, 1.165) is 18.2 Å². The summed E-state index contributed by atoms with van der Waals surface area (Å²) in [6.07, 6.45) is -3.83. The Morgan fingerprint density at radius 2 is 1.76 bits per heavy atom. The number of halogens is 4.